The first kappa shape index (κ1) is 22.1. The Morgan fingerprint density at radius 3 is 2.27 bits per heavy atom. The molecule has 0 amide bonds. The summed E-state index contributed by atoms with van der Waals surface area (Å²) in [5, 5.41) is 8.83. The monoisotopic (exact) mass is 403 g/mol. The number of unbranched alkanes of at least 4 members (excludes halogenated alkanes) is 2. The van der Waals surface area contributed by atoms with Gasteiger partial charge in [0.15, 0.2) is 0 Å². The number of nitrogens with zero attached hydrogens (tertiary/aromatic N) is 1. The highest BCUT2D eigenvalue weighted by atomic mass is 16.5. The van der Waals surface area contributed by atoms with Gasteiger partial charge in [-0.25, -0.2) is 0 Å². The molecule has 3 heteroatoms. The molecule has 1 aliphatic carbocycles. The quantitative estimate of drug-likeness (QED) is 0.346. The van der Waals surface area contributed by atoms with Crippen LogP contribution >= 0.6 is 0 Å². The van der Waals surface area contributed by atoms with E-state index in [-0.39, 0.29) is 12.6 Å². The highest BCUT2D eigenvalue weighted by Crippen LogP contribution is 2.37. The average molecular weight is 404 g/mol. The van der Waals surface area contributed by atoms with Crippen molar-refractivity contribution in [3.8, 4) is 6.07 Å². The molecule has 0 aromatic heterocycles. The third-order valence-electron chi connectivity index (χ3n) is 6.35. The van der Waals surface area contributed by atoms with Crippen LogP contribution in [0.25, 0.3) is 0 Å². The predicted octanol–water partition coefficient (Wildman–Crippen LogP) is 6.70. The van der Waals surface area contributed by atoms with Crippen molar-refractivity contribution >= 4 is 5.97 Å². The van der Waals surface area contributed by atoms with E-state index in [9.17, 15) is 4.79 Å². The van der Waals surface area contributed by atoms with E-state index in [2.05, 4.69) is 37.3 Å². The van der Waals surface area contributed by atoms with Gasteiger partial charge in [-0.1, -0.05) is 69.0 Å². The number of carbonyl (C=O) groups is 1. The highest BCUT2D eigenvalue weighted by molar-refractivity contribution is 5.72. The normalized spacial score (nSPS) is 18.5. The van der Waals surface area contributed by atoms with E-state index in [1.165, 1.54) is 56.9 Å². The van der Waals surface area contributed by atoms with E-state index in [4.69, 9.17) is 10.00 Å². The summed E-state index contributed by atoms with van der Waals surface area (Å²) in [6.45, 7) is 2.51. The number of benzene rings is 2. The van der Waals surface area contributed by atoms with E-state index >= 15 is 0 Å². The van der Waals surface area contributed by atoms with Gasteiger partial charge >= 0.3 is 5.97 Å². The molecule has 0 saturated heterocycles. The molecule has 0 N–H and O–H groups in total. The fraction of sp³-hybridized carbons (Fsp3) is 0.481. The van der Waals surface area contributed by atoms with Crippen LogP contribution in [0, 0.1) is 17.2 Å². The third kappa shape index (κ3) is 6.73. The molecule has 0 heterocycles. The minimum absolute atomic E-state index is 0.223. The minimum Gasteiger partial charge on any atom is -0.461 e. The molecule has 2 aromatic carbocycles. The fourth-order valence-electron chi connectivity index (χ4n) is 4.43. The summed E-state index contributed by atoms with van der Waals surface area (Å²) < 4.78 is 5.38. The van der Waals surface area contributed by atoms with E-state index < -0.39 is 0 Å². The molecule has 0 aliphatic heterocycles. The highest BCUT2D eigenvalue weighted by Gasteiger charge is 2.22. The van der Waals surface area contributed by atoms with Crippen LogP contribution in [0.4, 0.5) is 0 Å². The lowest BCUT2D eigenvalue weighted by molar-refractivity contribution is -0.144. The molecular weight excluding hydrogens is 370 g/mol. The van der Waals surface area contributed by atoms with Gasteiger partial charge in [0.1, 0.15) is 6.61 Å². The first-order valence-corrected chi connectivity index (χ1v) is 11.4. The van der Waals surface area contributed by atoms with Gasteiger partial charge in [0.25, 0.3) is 0 Å². The van der Waals surface area contributed by atoms with E-state index in [1.807, 2.05) is 12.1 Å². The van der Waals surface area contributed by atoms with Gasteiger partial charge in [-0.05, 0) is 66.3 Å². The van der Waals surface area contributed by atoms with Crippen LogP contribution in [0.1, 0.15) is 86.5 Å². The number of nitriles is 1. The molecular formula is C27H33NO2. The summed E-state index contributed by atoms with van der Waals surface area (Å²) in [6.07, 6.45) is 11.1. The molecule has 0 unspecified atom stereocenters. The molecule has 0 bridgehead atoms. The molecule has 2 aromatic rings. The Bertz CT molecular complexity index is 825. The number of hydrogen-bond donors (Lipinski definition) is 0. The fourth-order valence-corrected chi connectivity index (χ4v) is 4.43. The Morgan fingerprint density at radius 2 is 1.63 bits per heavy atom. The molecule has 0 radical (unpaired) electrons. The smallest absolute Gasteiger partial charge is 0.310 e. The predicted molar refractivity (Wildman–Crippen MR) is 120 cm³/mol. The Hall–Kier alpha value is -2.60. The Labute approximate surface area is 181 Å². The number of esters is 1. The van der Waals surface area contributed by atoms with E-state index in [0.29, 0.717) is 17.9 Å². The average Bonchev–Trinajstić information content (AvgIpc) is 2.79. The summed E-state index contributed by atoms with van der Waals surface area (Å²) in [6, 6.07) is 17.7. The zero-order valence-corrected chi connectivity index (χ0v) is 18.1. The first-order chi connectivity index (χ1) is 14.7. The second-order valence-electron chi connectivity index (χ2n) is 8.60. The van der Waals surface area contributed by atoms with Crippen molar-refractivity contribution in [2.45, 2.75) is 77.2 Å². The third-order valence-corrected chi connectivity index (χ3v) is 6.35. The molecule has 30 heavy (non-hydrogen) atoms. The largest absolute Gasteiger partial charge is 0.461 e. The molecule has 0 spiro atoms. The van der Waals surface area contributed by atoms with Gasteiger partial charge in [0.2, 0.25) is 0 Å². The maximum atomic E-state index is 12.2. The SMILES string of the molecule is CCCCC[C@H]1CC[C@H](c2ccc(CC(=O)OCc3ccc(C#N)cc3)cc2)CC1. The topological polar surface area (TPSA) is 50.1 Å². The summed E-state index contributed by atoms with van der Waals surface area (Å²) in [5.74, 6) is 1.38. The van der Waals surface area contributed by atoms with Gasteiger partial charge in [0.05, 0.1) is 18.1 Å². The Balaban J connectivity index is 1.42. The molecule has 3 rings (SSSR count). The second-order valence-corrected chi connectivity index (χ2v) is 8.60. The van der Waals surface area contributed by atoms with Crippen molar-refractivity contribution in [2.75, 3.05) is 0 Å². The lowest BCUT2D eigenvalue weighted by Crippen LogP contribution is -2.13. The summed E-state index contributed by atoms with van der Waals surface area (Å²) >= 11 is 0. The lowest BCUT2D eigenvalue weighted by atomic mass is 9.77. The molecule has 3 nitrogen and oxygen atoms in total. The first-order valence-electron chi connectivity index (χ1n) is 11.4. The van der Waals surface area contributed by atoms with Gasteiger partial charge in [-0.15, -0.1) is 0 Å². The van der Waals surface area contributed by atoms with Crippen molar-refractivity contribution in [1.29, 1.82) is 5.26 Å². The zero-order chi connectivity index (χ0) is 21.2. The molecule has 1 aliphatic rings. The molecule has 158 valence electrons. The maximum absolute atomic E-state index is 12.2. The van der Waals surface area contributed by atoms with Crippen molar-refractivity contribution in [2.24, 2.45) is 5.92 Å². The number of hydrogen-bond acceptors (Lipinski definition) is 3. The number of ether oxygens (including phenoxy) is 1. The summed E-state index contributed by atoms with van der Waals surface area (Å²) in [5.41, 5.74) is 3.91. The lowest BCUT2D eigenvalue weighted by Gasteiger charge is -2.29. The molecule has 0 atom stereocenters. The standard InChI is InChI=1S/C27H33NO2/c1-2-3-4-5-21-10-14-25(15-11-21)26-16-12-22(13-17-26)18-27(29)30-20-24-8-6-23(19-28)7-9-24/h6-9,12-13,16-17,21,25H,2-5,10-11,14-15,18,20H2,1H3/t21-,25-. The van der Waals surface area contributed by atoms with Crippen molar-refractivity contribution in [1.82, 2.24) is 0 Å². The van der Waals surface area contributed by atoms with Crippen LogP contribution in [0.15, 0.2) is 48.5 Å². The minimum atomic E-state index is -0.223. The summed E-state index contributed by atoms with van der Waals surface area (Å²) in [4.78, 5) is 12.2. The van der Waals surface area contributed by atoms with Crippen molar-refractivity contribution in [3.63, 3.8) is 0 Å². The van der Waals surface area contributed by atoms with Gasteiger partial charge in [-0.2, -0.15) is 5.26 Å². The van der Waals surface area contributed by atoms with Crippen LogP contribution in [-0.2, 0) is 22.6 Å². The van der Waals surface area contributed by atoms with Crippen molar-refractivity contribution in [3.05, 3.63) is 70.8 Å². The number of rotatable bonds is 9. The van der Waals surface area contributed by atoms with Gasteiger partial charge in [0, 0.05) is 0 Å². The van der Waals surface area contributed by atoms with Gasteiger partial charge in [-0.3, -0.25) is 4.79 Å². The van der Waals surface area contributed by atoms with Crippen LogP contribution in [0.3, 0.4) is 0 Å². The Kier molecular flexibility index (Phi) is 8.51. The van der Waals surface area contributed by atoms with Crippen LogP contribution < -0.4 is 0 Å². The number of carbonyl (C=O) groups excluding carboxylic acids is 1. The summed E-state index contributed by atoms with van der Waals surface area (Å²) in [7, 11) is 0. The maximum Gasteiger partial charge on any atom is 0.310 e. The molecule has 1 fully saturated rings. The van der Waals surface area contributed by atoms with E-state index in [0.717, 1.165) is 17.0 Å². The van der Waals surface area contributed by atoms with Crippen LogP contribution in [0.2, 0.25) is 0 Å². The van der Waals surface area contributed by atoms with Crippen LogP contribution in [0.5, 0.6) is 0 Å². The second kappa shape index (κ2) is 11.6. The van der Waals surface area contributed by atoms with Crippen molar-refractivity contribution < 1.29 is 9.53 Å². The van der Waals surface area contributed by atoms with Gasteiger partial charge < -0.3 is 4.74 Å². The van der Waals surface area contributed by atoms with Crippen LogP contribution in [-0.4, -0.2) is 5.97 Å². The zero-order valence-electron chi connectivity index (χ0n) is 18.1. The molecule has 1 saturated carbocycles. The Morgan fingerprint density at radius 1 is 0.967 bits per heavy atom. The van der Waals surface area contributed by atoms with E-state index in [1.54, 1.807) is 12.1 Å².